The topological polar surface area (TPSA) is 60.2 Å². The van der Waals surface area contributed by atoms with E-state index in [1.807, 2.05) is 18.2 Å². The van der Waals surface area contributed by atoms with E-state index in [2.05, 4.69) is 15.5 Å². The molecule has 5 nitrogen and oxygen atoms in total. The highest BCUT2D eigenvalue weighted by molar-refractivity contribution is 5.57. The first-order chi connectivity index (χ1) is 10.0. The Morgan fingerprint density at radius 2 is 2.10 bits per heavy atom. The highest BCUT2D eigenvalue weighted by Crippen LogP contribution is 2.33. The van der Waals surface area contributed by atoms with E-state index < -0.39 is 18.7 Å². The van der Waals surface area contributed by atoms with Gasteiger partial charge >= 0.3 is 6.18 Å². The number of nitrogens with one attached hydrogen (secondary N) is 1. The summed E-state index contributed by atoms with van der Waals surface area (Å²) in [6.07, 6.45) is -6.02. The third-order valence-electron chi connectivity index (χ3n) is 3.03. The van der Waals surface area contributed by atoms with E-state index in [4.69, 9.17) is 9.26 Å². The molecule has 1 unspecified atom stereocenters. The predicted octanol–water partition coefficient (Wildman–Crippen LogP) is 3.11. The Morgan fingerprint density at radius 1 is 1.29 bits per heavy atom. The Hall–Kier alpha value is -2.25. The van der Waals surface area contributed by atoms with Gasteiger partial charge in [-0.15, -0.1) is 0 Å². The Bertz CT molecular complexity index is 627. The van der Waals surface area contributed by atoms with Gasteiger partial charge in [0.25, 0.3) is 5.89 Å². The number of ether oxygens (including phenoxy) is 1. The molecule has 0 bridgehead atoms. The summed E-state index contributed by atoms with van der Waals surface area (Å²) in [5.74, 6) is 0.850. The van der Waals surface area contributed by atoms with Gasteiger partial charge in [-0.25, -0.2) is 0 Å². The molecule has 0 saturated carbocycles. The highest BCUT2D eigenvalue weighted by Gasteiger charge is 2.29. The Kier molecular flexibility index (Phi) is 3.44. The van der Waals surface area contributed by atoms with Gasteiger partial charge in [0, 0.05) is 6.42 Å². The molecule has 1 aromatic heterocycles. The molecule has 0 amide bonds. The average Bonchev–Trinajstić information content (AvgIpc) is 2.93. The number of rotatable bonds is 3. The van der Waals surface area contributed by atoms with Crippen LogP contribution >= 0.6 is 0 Å². The van der Waals surface area contributed by atoms with Gasteiger partial charge in [0.1, 0.15) is 5.75 Å². The largest absolute Gasteiger partial charge is 0.477 e. The van der Waals surface area contributed by atoms with Crippen LogP contribution in [0.15, 0.2) is 28.8 Å². The van der Waals surface area contributed by atoms with Crippen molar-refractivity contribution in [2.75, 3.05) is 11.9 Å². The minimum absolute atomic E-state index is 0.0322. The molecule has 0 fully saturated rings. The van der Waals surface area contributed by atoms with Gasteiger partial charge in [0.15, 0.2) is 11.9 Å². The van der Waals surface area contributed by atoms with Gasteiger partial charge in [0.2, 0.25) is 0 Å². The molecule has 0 saturated heterocycles. The number of alkyl halides is 3. The lowest BCUT2D eigenvalue weighted by Crippen LogP contribution is -2.23. The van der Waals surface area contributed by atoms with Crippen LogP contribution in [0.2, 0.25) is 0 Å². The van der Waals surface area contributed by atoms with Crippen LogP contribution in [-0.4, -0.2) is 22.9 Å². The Labute approximate surface area is 118 Å². The van der Waals surface area contributed by atoms with Crippen LogP contribution in [0.4, 0.5) is 18.9 Å². The van der Waals surface area contributed by atoms with E-state index >= 15 is 0 Å². The van der Waals surface area contributed by atoms with Crippen molar-refractivity contribution in [3.8, 4) is 5.75 Å². The van der Waals surface area contributed by atoms with Crippen molar-refractivity contribution in [3.05, 3.63) is 36.0 Å². The molecule has 2 aromatic rings. The number of anilines is 1. The first-order valence-corrected chi connectivity index (χ1v) is 6.40. The number of hydrogen-bond donors (Lipinski definition) is 1. The number of halogens is 3. The molecule has 1 aliphatic heterocycles. The van der Waals surface area contributed by atoms with Crippen molar-refractivity contribution in [2.24, 2.45) is 0 Å². The lowest BCUT2D eigenvalue weighted by atomic mass is 10.2. The molecule has 1 aromatic carbocycles. The summed E-state index contributed by atoms with van der Waals surface area (Å²) < 4.78 is 47.1. The van der Waals surface area contributed by atoms with Crippen molar-refractivity contribution >= 4 is 5.69 Å². The number of benzene rings is 1. The summed E-state index contributed by atoms with van der Waals surface area (Å²) in [5.41, 5.74) is 0.852. The quantitative estimate of drug-likeness (QED) is 0.943. The number of fused-ring (bicyclic) bond motifs is 1. The van der Waals surface area contributed by atoms with Crippen molar-refractivity contribution in [1.82, 2.24) is 10.1 Å². The Balaban J connectivity index is 1.67. The summed E-state index contributed by atoms with van der Waals surface area (Å²) in [6.45, 7) is 0.415. The van der Waals surface area contributed by atoms with E-state index in [-0.39, 0.29) is 18.1 Å². The summed E-state index contributed by atoms with van der Waals surface area (Å²) in [7, 11) is 0. The fourth-order valence-electron chi connectivity index (χ4n) is 2.00. The second-order valence-corrected chi connectivity index (χ2v) is 4.65. The number of aromatic nitrogens is 2. The second-order valence-electron chi connectivity index (χ2n) is 4.65. The zero-order chi connectivity index (χ0) is 14.9. The number of hydrogen-bond acceptors (Lipinski definition) is 5. The van der Waals surface area contributed by atoms with Crippen molar-refractivity contribution in [1.29, 1.82) is 0 Å². The van der Waals surface area contributed by atoms with Gasteiger partial charge < -0.3 is 14.6 Å². The molecule has 1 N–H and O–H groups in total. The van der Waals surface area contributed by atoms with E-state index in [1.54, 1.807) is 6.07 Å². The maximum atomic E-state index is 12.1. The highest BCUT2D eigenvalue weighted by atomic mass is 19.4. The molecule has 1 aliphatic rings. The van der Waals surface area contributed by atoms with E-state index in [9.17, 15) is 13.2 Å². The van der Waals surface area contributed by atoms with Gasteiger partial charge in [-0.05, 0) is 12.1 Å². The van der Waals surface area contributed by atoms with Crippen LogP contribution < -0.4 is 10.1 Å². The fourth-order valence-corrected chi connectivity index (χ4v) is 2.00. The summed E-state index contributed by atoms with van der Waals surface area (Å²) in [6, 6.07) is 7.35. The first kappa shape index (κ1) is 13.7. The molecule has 112 valence electrons. The zero-order valence-corrected chi connectivity index (χ0v) is 10.9. The summed E-state index contributed by atoms with van der Waals surface area (Å²) >= 11 is 0. The number of nitrogens with zero attached hydrogens (tertiary/aromatic N) is 2. The third-order valence-corrected chi connectivity index (χ3v) is 3.03. The monoisotopic (exact) mass is 299 g/mol. The SMILES string of the molecule is FC(F)(F)CCc1noc(C2CNc3ccccc3O2)n1. The maximum absolute atomic E-state index is 12.1. The average molecular weight is 299 g/mol. The molecule has 3 rings (SSSR count). The van der Waals surface area contributed by atoms with Gasteiger partial charge in [-0.2, -0.15) is 18.2 Å². The third kappa shape index (κ3) is 3.26. The van der Waals surface area contributed by atoms with Gasteiger partial charge in [-0.1, -0.05) is 17.3 Å². The zero-order valence-electron chi connectivity index (χ0n) is 10.9. The second kappa shape index (κ2) is 5.27. The lowest BCUT2D eigenvalue weighted by molar-refractivity contribution is -0.134. The predicted molar refractivity (Wildman–Crippen MR) is 67.0 cm³/mol. The van der Waals surface area contributed by atoms with Crippen LogP contribution in [0.25, 0.3) is 0 Å². The summed E-state index contributed by atoms with van der Waals surface area (Å²) in [5, 5.41) is 6.70. The summed E-state index contributed by atoms with van der Waals surface area (Å²) in [4.78, 5) is 3.97. The van der Waals surface area contributed by atoms with Crippen molar-refractivity contribution in [2.45, 2.75) is 25.1 Å². The van der Waals surface area contributed by atoms with Crippen molar-refractivity contribution in [3.63, 3.8) is 0 Å². The number of aryl methyl sites for hydroxylation is 1. The van der Waals surface area contributed by atoms with E-state index in [0.29, 0.717) is 12.3 Å². The minimum atomic E-state index is -4.23. The smallest absolute Gasteiger partial charge is 0.389 e. The van der Waals surface area contributed by atoms with Crippen LogP contribution in [-0.2, 0) is 6.42 Å². The fraction of sp³-hybridized carbons (Fsp3) is 0.385. The standard InChI is InChI=1S/C13H12F3N3O2/c14-13(15,16)6-5-11-18-12(21-19-11)10-7-17-8-3-1-2-4-9(8)20-10/h1-4,10,17H,5-7H2. The molecule has 0 aliphatic carbocycles. The number of para-hydroxylation sites is 2. The van der Waals surface area contributed by atoms with Crippen molar-refractivity contribution < 1.29 is 22.4 Å². The van der Waals surface area contributed by atoms with Gasteiger partial charge in [-0.3, -0.25) is 0 Å². The van der Waals surface area contributed by atoms with Crippen LogP contribution in [0.5, 0.6) is 5.75 Å². The molecular weight excluding hydrogens is 287 g/mol. The van der Waals surface area contributed by atoms with Crippen LogP contribution in [0.3, 0.4) is 0 Å². The minimum Gasteiger partial charge on any atom is -0.477 e. The first-order valence-electron chi connectivity index (χ1n) is 6.40. The molecule has 1 atom stereocenters. The molecule has 0 radical (unpaired) electrons. The molecule has 21 heavy (non-hydrogen) atoms. The van der Waals surface area contributed by atoms with E-state index in [1.165, 1.54) is 0 Å². The molecule has 0 spiro atoms. The maximum Gasteiger partial charge on any atom is 0.389 e. The Morgan fingerprint density at radius 3 is 2.90 bits per heavy atom. The molecule has 2 heterocycles. The van der Waals surface area contributed by atoms with Crippen LogP contribution in [0, 0.1) is 0 Å². The normalized spacial score (nSPS) is 17.8. The van der Waals surface area contributed by atoms with E-state index in [0.717, 1.165) is 5.69 Å². The van der Waals surface area contributed by atoms with Crippen LogP contribution in [0.1, 0.15) is 24.2 Å². The molecule has 8 heteroatoms. The lowest BCUT2D eigenvalue weighted by Gasteiger charge is -2.24. The van der Waals surface area contributed by atoms with Gasteiger partial charge in [0.05, 0.1) is 18.7 Å². The molecular formula is C13H12F3N3O2.